The molecule has 2 unspecified atom stereocenters. The molecule has 0 amide bonds. The minimum Gasteiger partial charge on any atom is -0.370 e. The van der Waals surface area contributed by atoms with Gasteiger partial charge in [0.25, 0.3) is 0 Å². The van der Waals surface area contributed by atoms with Crippen LogP contribution in [0.25, 0.3) is 0 Å². The van der Waals surface area contributed by atoms with Crippen LogP contribution in [0.1, 0.15) is 5.56 Å². The van der Waals surface area contributed by atoms with E-state index in [2.05, 4.69) is 62.3 Å². The number of likely N-dealkylation sites (N-methyl/N-ethyl adjacent to an activating group) is 2. The molecule has 0 aliphatic heterocycles. The van der Waals surface area contributed by atoms with Crippen LogP contribution < -0.4 is 5.09 Å². The highest BCUT2D eigenvalue weighted by Gasteiger charge is 2.20. The van der Waals surface area contributed by atoms with E-state index in [9.17, 15) is 0 Å². The lowest BCUT2D eigenvalue weighted by molar-refractivity contribution is 0.161. The summed E-state index contributed by atoms with van der Waals surface area (Å²) in [6.45, 7) is 4.91. The summed E-state index contributed by atoms with van der Waals surface area (Å²) in [7, 11) is 8.32. The first kappa shape index (κ1) is 15.7. The van der Waals surface area contributed by atoms with Crippen LogP contribution >= 0.6 is 9.39 Å². The topological polar surface area (TPSA) is 30.9 Å². The average Bonchev–Trinajstić information content (AvgIpc) is 2.40. The maximum Gasteiger partial charge on any atom is 0.123 e. The molecule has 0 aliphatic rings. The van der Waals surface area contributed by atoms with E-state index >= 15 is 0 Å². The Kier molecular flexibility index (Phi) is 6.54. The van der Waals surface area contributed by atoms with E-state index in [4.69, 9.17) is 0 Å². The molecule has 0 spiro atoms. The maximum absolute atomic E-state index is 4.06. The van der Waals surface area contributed by atoms with Crippen molar-refractivity contribution in [2.24, 2.45) is 4.99 Å². The van der Waals surface area contributed by atoms with Crippen molar-refractivity contribution in [3.8, 4) is 0 Å². The minimum atomic E-state index is 0.0430. The normalized spacial score (nSPS) is 12.7. The van der Waals surface area contributed by atoms with Crippen molar-refractivity contribution in [1.82, 2.24) is 14.9 Å². The van der Waals surface area contributed by atoms with E-state index in [1.54, 1.807) is 13.4 Å². The van der Waals surface area contributed by atoms with Crippen molar-refractivity contribution in [3.05, 3.63) is 48.2 Å². The van der Waals surface area contributed by atoms with Gasteiger partial charge in [0.15, 0.2) is 0 Å². The van der Waals surface area contributed by atoms with Crippen LogP contribution in [0.4, 0.5) is 0 Å². The van der Waals surface area contributed by atoms with Crippen LogP contribution in [0.3, 0.4) is 0 Å². The second kappa shape index (κ2) is 7.93. The third kappa shape index (κ3) is 4.66. The van der Waals surface area contributed by atoms with Gasteiger partial charge in [-0.1, -0.05) is 36.9 Å². The van der Waals surface area contributed by atoms with E-state index in [1.165, 1.54) is 5.56 Å². The zero-order chi connectivity index (χ0) is 14.3. The van der Waals surface area contributed by atoms with Crippen LogP contribution in [0.5, 0.6) is 0 Å². The van der Waals surface area contributed by atoms with Gasteiger partial charge in [-0.25, -0.2) is 0 Å². The number of hydrogen-bond donors (Lipinski definition) is 1. The second-order valence-electron chi connectivity index (χ2n) is 4.48. The fourth-order valence-electron chi connectivity index (χ4n) is 2.10. The molecule has 0 bridgehead atoms. The van der Waals surface area contributed by atoms with E-state index in [0.29, 0.717) is 0 Å². The molecule has 4 nitrogen and oxygen atoms in total. The SMILES string of the molecule is C=C(NP)C(N(C)/C=N\C)N(C)Cc1ccccc1. The summed E-state index contributed by atoms with van der Waals surface area (Å²) < 4.78 is 0. The van der Waals surface area contributed by atoms with Gasteiger partial charge in [0.05, 0.1) is 6.34 Å². The van der Waals surface area contributed by atoms with Gasteiger partial charge in [0.2, 0.25) is 0 Å². The molecule has 0 fully saturated rings. The van der Waals surface area contributed by atoms with Crippen molar-refractivity contribution in [1.29, 1.82) is 0 Å². The standard InChI is InChI=1S/C14H23N4P/c1-12(16-19)14(18(4)11-15-2)17(3)10-13-8-6-5-7-9-13/h5-9,11,14,16H,1,10,19H2,2-4H3/b15-11-. The Morgan fingerprint density at radius 1 is 1.42 bits per heavy atom. The predicted octanol–water partition coefficient (Wildman–Crippen LogP) is 1.93. The molecule has 2 atom stereocenters. The lowest BCUT2D eigenvalue weighted by Crippen LogP contribution is -2.46. The molecule has 1 aromatic rings. The molecule has 0 heterocycles. The summed E-state index contributed by atoms with van der Waals surface area (Å²) in [5.74, 6) is 0. The number of aliphatic imine (C=N–C) groups is 1. The lowest BCUT2D eigenvalue weighted by atomic mass is 10.2. The molecule has 19 heavy (non-hydrogen) atoms. The van der Waals surface area contributed by atoms with Crippen LogP contribution in [0.2, 0.25) is 0 Å². The maximum atomic E-state index is 4.06. The number of benzene rings is 1. The van der Waals surface area contributed by atoms with Crippen LogP contribution in [-0.2, 0) is 6.54 Å². The Morgan fingerprint density at radius 2 is 2.05 bits per heavy atom. The van der Waals surface area contributed by atoms with E-state index < -0.39 is 0 Å². The average molecular weight is 278 g/mol. The van der Waals surface area contributed by atoms with Crippen LogP contribution in [-0.4, -0.2) is 43.4 Å². The number of nitrogens with one attached hydrogen (secondary N) is 1. The monoisotopic (exact) mass is 278 g/mol. The van der Waals surface area contributed by atoms with Crippen LogP contribution in [0.15, 0.2) is 47.6 Å². The first-order chi connectivity index (χ1) is 9.10. The fraction of sp³-hybridized carbons (Fsp3) is 0.357. The molecule has 1 N–H and O–H groups in total. The summed E-state index contributed by atoms with van der Waals surface area (Å²) in [6.07, 6.45) is 1.85. The van der Waals surface area contributed by atoms with E-state index in [1.807, 2.05) is 18.0 Å². The summed E-state index contributed by atoms with van der Waals surface area (Å²) >= 11 is 0. The second-order valence-corrected chi connectivity index (χ2v) is 4.77. The van der Waals surface area contributed by atoms with Gasteiger partial charge in [-0.05, 0) is 22.0 Å². The zero-order valence-corrected chi connectivity index (χ0v) is 13.0. The van der Waals surface area contributed by atoms with E-state index in [0.717, 1.165) is 12.2 Å². The molecule has 0 saturated heterocycles. The minimum absolute atomic E-state index is 0.0430. The van der Waals surface area contributed by atoms with Gasteiger partial charge >= 0.3 is 0 Å². The van der Waals surface area contributed by atoms with Gasteiger partial charge < -0.3 is 9.99 Å². The smallest absolute Gasteiger partial charge is 0.123 e. The van der Waals surface area contributed by atoms with Crippen molar-refractivity contribution in [3.63, 3.8) is 0 Å². The molecule has 104 valence electrons. The Labute approximate surface area is 118 Å². The summed E-state index contributed by atoms with van der Waals surface area (Å²) in [6, 6.07) is 10.4. The van der Waals surface area contributed by atoms with Crippen molar-refractivity contribution in [2.75, 3.05) is 21.1 Å². The highest BCUT2D eigenvalue weighted by Crippen LogP contribution is 2.13. The molecule has 0 aromatic heterocycles. The number of rotatable bonds is 7. The Bertz CT molecular complexity index is 419. The Balaban J connectivity index is 2.82. The largest absolute Gasteiger partial charge is 0.370 e. The van der Waals surface area contributed by atoms with Gasteiger partial charge in [-0.2, -0.15) is 0 Å². The predicted molar refractivity (Wildman–Crippen MR) is 85.9 cm³/mol. The lowest BCUT2D eigenvalue weighted by Gasteiger charge is -2.35. The number of hydrogen-bond acceptors (Lipinski definition) is 3. The first-order valence-electron chi connectivity index (χ1n) is 6.14. The number of nitrogens with zero attached hydrogens (tertiary/aromatic N) is 3. The fourth-order valence-corrected chi connectivity index (χ4v) is 2.25. The molecule has 1 rings (SSSR count). The van der Waals surface area contributed by atoms with Crippen molar-refractivity contribution < 1.29 is 0 Å². The molecule has 5 heteroatoms. The highest BCUT2D eigenvalue weighted by atomic mass is 31.0. The van der Waals surface area contributed by atoms with Gasteiger partial charge in [0, 0.05) is 26.3 Å². The van der Waals surface area contributed by atoms with Gasteiger partial charge in [-0.15, -0.1) is 0 Å². The third-order valence-corrected chi connectivity index (χ3v) is 3.24. The molecular weight excluding hydrogens is 255 g/mol. The quantitative estimate of drug-likeness (QED) is 0.358. The summed E-state index contributed by atoms with van der Waals surface area (Å²) in [4.78, 5) is 8.31. The van der Waals surface area contributed by atoms with E-state index in [-0.39, 0.29) is 6.17 Å². The van der Waals surface area contributed by atoms with Crippen LogP contribution in [0, 0.1) is 0 Å². The molecule has 1 aromatic carbocycles. The highest BCUT2D eigenvalue weighted by molar-refractivity contribution is 7.14. The van der Waals surface area contributed by atoms with Gasteiger partial charge in [-0.3, -0.25) is 9.89 Å². The zero-order valence-electron chi connectivity index (χ0n) is 11.9. The van der Waals surface area contributed by atoms with Gasteiger partial charge in [0.1, 0.15) is 6.17 Å². The summed E-state index contributed by atoms with van der Waals surface area (Å²) in [5, 5.41) is 3.05. The summed E-state index contributed by atoms with van der Waals surface area (Å²) in [5.41, 5.74) is 2.18. The first-order valence-corrected chi connectivity index (χ1v) is 6.71. The molecule has 0 aliphatic carbocycles. The third-order valence-electron chi connectivity index (χ3n) is 2.87. The molecular formula is C14H23N4P. The Morgan fingerprint density at radius 3 is 2.58 bits per heavy atom. The van der Waals surface area contributed by atoms with Crippen molar-refractivity contribution in [2.45, 2.75) is 12.7 Å². The molecule has 0 saturated carbocycles. The molecule has 0 radical (unpaired) electrons. The van der Waals surface area contributed by atoms with Crippen molar-refractivity contribution >= 4 is 15.7 Å². The Hall–Kier alpha value is -1.38.